The molecule has 0 aromatic heterocycles. The van der Waals surface area contributed by atoms with E-state index in [0.717, 1.165) is 28.7 Å². The van der Waals surface area contributed by atoms with Crippen molar-refractivity contribution in [2.45, 2.75) is 31.6 Å². The monoisotopic (exact) mass is 437 g/mol. The van der Waals surface area contributed by atoms with Gasteiger partial charge in [0.25, 0.3) is 0 Å². The summed E-state index contributed by atoms with van der Waals surface area (Å²) in [6.45, 7) is 0.300. The molecule has 4 rings (SSSR count). The number of benzene rings is 2. The minimum atomic E-state index is -0.841. The molecule has 0 saturated heterocycles. The maximum atomic E-state index is 12.1. The third-order valence-electron chi connectivity index (χ3n) is 6.44. The van der Waals surface area contributed by atoms with E-state index in [1.165, 1.54) is 0 Å². The van der Waals surface area contributed by atoms with Gasteiger partial charge in [-0.25, -0.2) is 4.79 Å². The number of amides is 1. The normalized spacial score (nSPS) is 15.9. The smallest absolute Gasteiger partial charge is 0.407 e. The summed E-state index contributed by atoms with van der Waals surface area (Å²) < 4.78 is 10.8. The van der Waals surface area contributed by atoms with Gasteiger partial charge in [0.15, 0.2) is 5.78 Å². The van der Waals surface area contributed by atoms with Crippen LogP contribution < -0.4 is 5.32 Å². The van der Waals surface area contributed by atoms with Crippen LogP contribution in [0, 0.1) is 5.41 Å². The zero-order valence-electron chi connectivity index (χ0n) is 17.8. The van der Waals surface area contributed by atoms with Crippen molar-refractivity contribution in [3.8, 4) is 11.1 Å². The Labute approximate surface area is 186 Å². The Morgan fingerprint density at radius 3 is 2.19 bits per heavy atom. The zero-order chi connectivity index (χ0) is 22.6. The fraction of sp³-hybridized carbons (Fsp3) is 0.400. The van der Waals surface area contributed by atoms with Crippen molar-refractivity contribution in [3.63, 3.8) is 0 Å². The Morgan fingerprint density at radius 2 is 1.62 bits per heavy atom. The number of ether oxygens (including phenoxy) is 2. The highest BCUT2D eigenvalue weighted by Gasteiger charge is 2.44. The van der Waals surface area contributed by atoms with Crippen LogP contribution in [0.25, 0.3) is 11.1 Å². The molecule has 0 atom stereocenters. The van der Waals surface area contributed by atoms with Crippen LogP contribution in [0.1, 0.15) is 42.7 Å². The van der Waals surface area contributed by atoms with E-state index in [2.05, 4.69) is 17.4 Å². The molecule has 1 amide bonds. The van der Waals surface area contributed by atoms with E-state index in [9.17, 15) is 19.5 Å². The highest BCUT2D eigenvalue weighted by molar-refractivity contribution is 5.84. The number of aliphatic carboxylic acids is 1. The van der Waals surface area contributed by atoms with Crippen molar-refractivity contribution in [2.24, 2.45) is 5.41 Å². The number of carbonyl (C=O) groups is 3. The van der Waals surface area contributed by atoms with E-state index in [-0.39, 0.29) is 44.5 Å². The van der Waals surface area contributed by atoms with Gasteiger partial charge in [-0.2, -0.15) is 0 Å². The quantitative estimate of drug-likeness (QED) is 0.549. The fourth-order valence-corrected chi connectivity index (χ4v) is 4.39. The van der Waals surface area contributed by atoms with E-state index in [4.69, 9.17) is 9.47 Å². The summed E-state index contributed by atoms with van der Waals surface area (Å²) >= 11 is 0. The van der Waals surface area contributed by atoms with Crippen molar-refractivity contribution >= 4 is 17.8 Å². The molecule has 0 bridgehead atoms. The number of alkyl carbamates (subject to hydrolysis) is 1. The maximum absolute atomic E-state index is 12.1. The second-order valence-electron chi connectivity index (χ2n) is 8.46. The number of nitrogens with one attached hydrogen (secondary N) is 1. The number of carbonyl (C=O) groups excluding carboxylic acids is 2. The van der Waals surface area contributed by atoms with Gasteiger partial charge in [0, 0.05) is 12.3 Å². The Morgan fingerprint density at radius 1 is 1.00 bits per heavy atom. The van der Waals surface area contributed by atoms with Crippen molar-refractivity contribution in [1.29, 1.82) is 0 Å². The Bertz CT molecular complexity index is 967. The van der Waals surface area contributed by atoms with Crippen LogP contribution in [0.3, 0.4) is 0 Å². The number of hydrogen-bond acceptors (Lipinski definition) is 5. The molecule has 0 spiro atoms. The van der Waals surface area contributed by atoms with Crippen molar-refractivity contribution in [3.05, 3.63) is 59.7 Å². The molecule has 2 aliphatic rings. The number of fused-ring (bicyclic) bond motifs is 3. The SMILES string of the molecule is O=C(CCOCC1(C(=O)O)CCC1)CNC(=O)OCC1c2ccccc2-c2ccccc21. The molecule has 2 aromatic rings. The molecule has 0 heterocycles. The molecule has 2 aliphatic carbocycles. The second kappa shape index (κ2) is 9.53. The van der Waals surface area contributed by atoms with Crippen LogP contribution in [0.5, 0.6) is 0 Å². The van der Waals surface area contributed by atoms with Crippen LogP contribution in [0.4, 0.5) is 4.79 Å². The number of hydrogen-bond donors (Lipinski definition) is 2. The van der Waals surface area contributed by atoms with Crippen molar-refractivity contribution in [2.75, 3.05) is 26.4 Å². The molecule has 0 aliphatic heterocycles. The van der Waals surface area contributed by atoms with E-state index >= 15 is 0 Å². The third kappa shape index (κ3) is 4.53. The molecule has 32 heavy (non-hydrogen) atoms. The summed E-state index contributed by atoms with van der Waals surface area (Å²) in [6, 6.07) is 16.2. The lowest BCUT2D eigenvalue weighted by atomic mass is 9.69. The molecule has 2 aromatic carbocycles. The van der Waals surface area contributed by atoms with E-state index in [1.54, 1.807) is 0 Å². The van der Waals surface area contributed by atoms with E-state index in [1.807, 2.05) is 36.4 Å². The molecular weight excluding hydrogens is 410 g/mol. The van der Waals surface area contributed by atoms with Crippen LogP contribution in [0.2, 0.25) is 0 Å². The lowest BCUT2D eigenvalue weighted by Gasteiger charge is -2.37. The molecule has 0 unspecified atom stereocenters. The van der Waals surface area contributed by atoms with Crippen LogP contribution >= 0.6 is 0 Å². The van der Waals surface area contributed by atoms with Gasteiger partial charge in [-0.1, -0.05) is 55.0 Å². The predicted octanol–water partition coefficient (Wildman–Crippen LogP) is 3.76. The largest absolute Gasteiger partial charge is 0.481 e. The first-order valence-electron chi connectivity index (χ1n) is 10.9. The van der Waals surface area contributed by atoms with Crippen molar-refractivity contribution in [1.82, 2.24) is 5.32 Å². The predicted molar refractivity (Wildman–Crippen MR) is 117 cm³/mol. The Balaban J connectivity index is 1.19. The standard InChI is InChI=1S/C25H27NO6/c27-17(10-13-31-16-25(23(28)29)11-5-12-25)14-26-24(30)32-15-22-20-8-3-1-6-18(20)19-7-2-4-9-21(19)22/h1-4,6-9,22H,5,10-16H2,(H,26,30)(H,28,29). The van der Waals surface area contributed by atoms with Gasteiger partial charge >= 0.3 is 12.1 Å². The highest BCUT2D eigenvalue weighted by Crippen LogP contribution is 2.44. The van der Waals surface area contributed by atoms with Crippen LogP contribution in [0.15, 0.2) is 48.5 Å². The lowest BCUT2D eigenvalue weighted by Crippen LogP contribution is -2.42. The molecule has 168 valence electrons. The van der Waals surface area contributed by atoms with Gasteiger partial charge in [-0.3, -0.25) is 9.59 Å². The second-order valence-corrected chi connectivity index (χ2v) is 8.46. The van der Waals surface area contributed by atoms with Crippen LogP contribution in [-0.4, -0.2) is 49.3 Å². The third-order valence-corrected chi connectivity index (χ3v) is 6.44. The minimum absolute atomic E-state index is 0.0367. The minimum Gasteiger partial charge on any atom is -0.481 e. The topological polar surface area (TPSA) is 102 Å². The number of Topliss-reactive ketones (excluding diaryl/α,β-unsaturated/α-hetero) is 1. The Kier molecular flexibility index (Phi) is 6.55. The first kappa shape index (κ1) is 22.0. The summed E-state index contributed by atoms with van der Waals surface area (Å²) in [7, 11) is 0. The summed E-state index contributed by atoms with van der Waals surface area (Å²) in [5.41, 5.74) is 3.76. The maximum Gasteiger partial charge on any atom is 0.407 e. The van der Waals surface area contributed by atoms with Gasteiger partial charge in [-0.05, 0) is 35.1 Å². The average Bonchev–Trinajstić information content (AvgIpc) is 3.08. The molecule has 2 N–H and O–H groups in total. The number of carboxylic acids is 1. The number of carboxylic acid groups (broad SMARTS) is 1. The van der Waals surface area contributed by atoms with Gasteiger partial charge in [0.2, 0.25) is 0 Å². The van der Waals surface area contributed by atoms with Gasteiger partial charge in [0.05, 0.1) is 25.2 Å². The summed E-state index contributed by atoms with van der Waals surface area (Å²) in [4.78, 5) is 35.4. The van der Waals surface area contributed by atoms with Gasteiger partial charge < -0.3 is 19.9 Å². The van der Waals surface area contributed by atoms with E-state index < -0.39 is 17.5 Å². The lowest BCUT2D eigenvalue weighted by molar-refractivity contribution is -0.160. The molecule has 7 heteroatoms. The van der Waals surface area contributed by atoms with Gasteiger partial charge in [-0.15, -0.1) is 0 Å². The first-order valence-corrected chi connectivity index (χ1v) is 10.9. The Hall–Kier alpha value is -3.19. The summed E-state index contributed by atoms with van der Waals surface area (Å²) in [5, 5.41) is 11.8. The molecule has 0 radical (unpaired) electrons. The highest BCUT2D eigenvalue weighted by atomic mass is 16.5. The number of rotatable bonds is 10. The number of ketones is 1. The molecule has 1 saturated carbocycles. The zero-order valence-corrected chi connectivity index (χ0v) is 17.8. The van der Waals surface area contributed by atoms with E-state index in [0.29, 0.717) is 12.8 Å². The summed E-state index contributed by atoms with van der Waals surface area (Å²) in [6.07, 6.45) is 1.58. The molecule has 1 fully saturated rings. The average molecular weight is 437 g/mol. The fourth-order valence-electron chi connectivity index (χ4n) is 4.39. The summed E-state index contributed by atoms with van der Waals surface area (Å²) in [5.74, 6) is -1.08. The van der Waals surface area contributed by atoms with Crippen LogP contribution in [-0.2, 0) is 19.1 Å². The molecule has 7 nitrogen and oxygen atoms in total. The van der Waals surface area contributed by atoms with Crippen molar-refractivity contribution < 1.29 is 29.0 Å². The first-order chi connectivity index (χ1) is 15.5. The molecular formula is C25H27NO6. The van der Waals surface area contributed by atoms with Gasteiger partial charge in [0.1, 0.15) is 6.61 Å².